The third-order valence-electron chi connectivity index (χ3n) is 3.45. The van der Waals surface area contributed by atoms with Crippen molar-refractivity contribution in [1.82, 2.24) is 4.57 Å². The maximum atomic E-state index is 10.8. The second-order valence-corrected chi connectivity index (χ2v) is 4.79. The van der Waals surface area contributed by atoms with Crippen LogP contribution in [0.2, 0.25) is 0 Å². The Morgan fingerprint density at radius 3 is 2.74 bits per heavy atom. The monoisotopic (exact) mass is 249 g/mol. The van der Waals surface area contributed by atoms with Gasteiger partial charge in [-0.1, -0.05) is 36.4 Å². The topological polar surface area (TPSA) is 22.0 Å². The molecule has 0 aliphatic rings. The van der Waals surface area contributed by atoms with Crippen LogP contribution in [-0.2, 0) is 6.54 Å². The van der Waals surface area contributed by atoms with Crippen LogP contribution < -0.4 is 0 Å². The van der Waals surface area contributed by atoms with Crippen molar-refractivity contribution in [2.45, 2.75) is 13.5 Å². The first-order chi connectivity index (χ1) is 9.28. The zero-order valence-corrected chi connectivity index (χ0v) is 10.8. The van der Waals surface area contributed by atoms with E-state index in [9.17, 15) is 4.79 Å². The molecule has 2 heteroatoms. The molecular weight excluding hydrogens is 234 g/mol. The van der Waals surface area contributed by atoms with E-state index in [0.717, 1.165) is 24.0 Å². The summed E-state index contributed by atoms with van der Waals surface area (Å²) < 4.78 is 2.28. The molecular formula is C17H15NO. The number of fused-ring (bicyclic) bond motifs is 1. The summed E-state index contributed by atoms with van der Waals surface area (Å²) in [6, 6.07) is 18.3. The van der Waals surface area contributed by atoms with Gasteiger partial charge in [-0.3, -0.25) is 4.79 Å². The molecule has 0 aliphatic carbocycles. The first-order valence-electron chi connectivity index (χ1n) is 6.37. The van der Waals surface area contributed by atoms with E-state index in [0.29, 0.717) is 0 Å². The van der Waals surface area contributed by atoms with Crippen molar-refractivity contribution < 1.29 is 4.79 Å². The van der Waals surface area contributed by atoms with Crippen LogP contribution in [0, 0.1) is 6.92 Å². The number of carbonyl (C=O) groups excluding carboxylic acids is 1. The Labute approximate surface area is 112 Å². The lowest BCUT2D eigenvalue weighted by molar-refractivity contribution is 0.112. The van der Waals surface area contributed by atoms with Gasteiger partial charge in [0.15, 0.2) is 0 Å². The van der Waals surface area contributed by atoms with Crippen LogP contribution in [0.15, 0.2) is 54.6 Å². The molecule has 0 bridgehead atoms. The van der Waals surface area contributed by atoms with Crippen molar-refractivity contribution in [2.24, 2.45) is 0 Å². The van der Waals surface area contributed by atoms with Gasteiger partial charge in [0.25, 0.3) is 0 Å². The first kappa shape index (κ1) is 11.7. The van der Waals surface area contributed by atoms with E-state index < -0.39 is 0 Å². The van der Waals surface area contributed by atoms with Gasteiger partial charge in [0, 0.05) is 23.3 Å². The number of para-hydroxylation sites is 1. The van der Waals surface area contributed by atoms with Gasteiger partial charge < -0.3 is 4.57 Å². The van der Waals surface area contributed by atoms with Crippen molar-refractivity contribution >= 4 is 17.2 Å². The van der Waals surface area contributed by atoms with E-state index in [1.807, 2.05) is 18.2 Å². The summed E-state index contributed by atoms with van der Waals surface area (Å²) in [5.74, 6) is 0. The maximum Gasteiger partial charge on any atom is 0.150 e. The number of carbonyl (C=O) groups is 1. The van der Waals surface area contributed by atoms with Crippen molar-refractivity contribution in [1.29, 1.82) is 0 Å². The minimum Gasteiger partial charge on any atom is -0.340 e. The van der Waals surface area contributed by atoms with Crippen LogP contribution >= 0.6 is 0 Å². The van der Waals surface area contributed by atoms with E-state index in [1.165, 1.54) is 16.6 Å². The predicted molar refractivity (Wildman–Crippen MR) is 77.6 cm³/mol. The average molecular weight is 249 g/mol. The summed E-state index contributed by atoms with van der Waals surface area (Å²) in [4.78, 5) is 10.8. The van der Waals surface area contributed by atoms with Crippen LogP contribution in [0.1, 0.15) is 21.6 Å². The molecule has 0 aliphatic heterocycles. The maximum absolute atomic E-state index is 10.8. The molecule has 1 aromatic heterocycles. The van der Waals surface area contributed by atoms with E-state index in [4.69, 9.17) is 0 Å². The van der Waals surface area contributed by atoms with Crippen molar-refractivity contribution in [3.8, 4) is 0 Å². The molecule has 0 spiro atoms. The smallest absolute Gasteiger partial charge is 0.150 e. The standard InChI is InChI=1S/C17H15NO/c1-13-9-16-7-2-3-8-17(16)18(13)11-14-5-4-6-15(10-14)12-19/h2-10,12H,11H2,1H3. The van der Waals surface area contributed by atoms with Crippen molar-refractivity contribution in [3.05, 3.63) is 71.4 Å². The minimum atomic E-state index is 0.728. The second-order valence-electron chi connectivity index (χ2n) is 4.79. The number of aromatic nitrogens is 1. The summed E-state index contributed by atoms with van der Waals surface area (Å²) in [5.41, 5.74) is 4.34. The molecule has 1 heterocycles. The highest BCUT2D eigenvalue weighted by Gasteiger charge is 2.05. The first-order valence-corrected chi connectivity index (χ1v) is 6.37. The van der Waals surface area contributed by atoms with Gasteiger partial charge >= 0.3 is 0 Å². The quantitative estimate of drug-likeness (QED) is 0.647. The lowest BCUT2D eigenvalue weighted by atomic mass is 10.1. The molecule has 0 fully saturated rings. The van der Waals surface area contributed by atoms with Gasteiger partial charge in [-0.2, -0.15) is 0 Å². The van der Waals surface area contributed by atoms with E-state index in [1.54, 1.807) is 0 Å². The van der Waals surface area contributed by atoms with Crippen molar-refractivity contribution in [3.63, 3.8) is 0 Å². The Hall–Kier alpha value is -2.35. The molecule has 19 heavy (non-hydrogen) atoms. The zero-order chi connectivity index (χ0) is 13.2. The number of hydrogen-bond donors (Lipinski definition) is 0. The average Bonchev–Trinajstić information content (AvgIpc) is 2.76. The van der Waals surface area contributed by atoms with E-state index >= 15 is 0 Å². The van der Waals surface area contributed by atoms with Crippen LogP contribution in [0.25, 0.3) is 10.9 Å². The Kier molecular flexibility index (Phi) is 2.92. The molecule has 0 unspecified atom stereocenters. The van der Waals surface area contributed by atoms with E-state index in [2.05, 4.69) is 47.9 Å². The fourth-order valence-electron chi connectivity index (χ4n) is 2.51. The summed E-state index contributed by atoms with van der Waals surface area (Å²) in [7, 11) is 0. The number of aldehydes is 1. The lowest BCUT2D eigenvalue weighted by Gasteiger charge is -2.09. The molecule has 0 atom stereocenters. The Balaban J connectivity index is 2.05. The van der Waals surface area contributed by atoms with Crippen LogP contribution in [0.4, 0.5) is 0 Å². The molecule has 2 nitrogen and oxygen atoms in total. The summed E-state index contributed by atoms with van der Waals surface area (Å²) in [6.07, 6.45) is 0.893. The molecule has 0 saturated heterocycles. The lowest BCUT2D eigenvalue weighted by Crippen LogP contribution is -2.01. The summed E-state index contributed by atoms with van der Waals surface area (Å²) in [6.45, 7) is 2.91. The number of hydrogen-bond acceptors (Lipinski definition) is 1. The number of aryl methyl sites for hydroxylation is 1. The van der Waals surface area contributed by atoms with Gasteiger partial charge in [-0.25, -0.2) is 0 Å². The van der Waals surface area contributed by atoms with Gasteiger partial charge in [-0.15, -0.1) is 0 Å². The largest absolute Gasteiger partial charge is 0.340 e. The molecule has 3 aromatic rings. The summed E-state index contributed by atoms with van der Waals surface area (Å²) >= 11 is 0. The van der Waals surface area contributed by atoms with Gasteiger partial charge in [0.2, 0.25) is 0 Å². The summed E-state index contributed by atoms with van der Waals surface area (Å²) in [5, 5.41) is 1.26. The second kappa shape index (κ2) is 4.73. The minimum absolute atomic E-state index is 0.728. The van der Waals surface area contributed by atoms with Crippen molar-refractivity contribution in [2.75, 3.05) is 0 Å². The normalized spacial score (nSPS) is 10.8. The fraction of sp³-hybridized carbons (Fsp3) is 0.118. The number of benzene rings is 2. The molecule has 0 radical (unpaired) electrons. The highest BCUT2D eigenvalue weighted by Crippen LogP contribution is 2.20. The SMILES string of the molecule is Cc1cc2ccccc2n1Cc1cccc(C=O)c1. The molecule has 0 saturated carbocycles. The van der Waals surface area contributed by atoms with Gasteiger partial charge in [0.1, 0.15) is 6.29 Å². The molecule has 0 amide bonds. The molecule has 2 aromatic carbocycles. The Morgan fingerprint density at radius 1 is 1.05 bits per heavy atom. The number of nitrogens with zero attached hydrogens (tertiary/aromatic N) is 1. The molecule has 94 valence electrons. The third-order valence-corrected chi connectivity index (χ3v) is 3.45. The van der Waals surface area contributed by atoms with Crippen LogP contribution in [0.3, 0.4) is 0 Å². The highest BCUT2D eigenvalue weighted by atomic mass is 16.1. The number of rotatable bonds is 3. The van der Waals surface area contributed by atoms with Gasteiger partial charge in [-0.05, 0) is 36.1 Å². The fourth-order valence-corrected chi connectivity index (χ4v) is 2.51. The van der Waals surface area contributed by atoms with E-state index in [-0.39, 0.29) is 0 Å². The van der Waals surface area contributed by atoms with Gasteiger partial charge in [0.05, 0.1) is 0 Å². The Bertz CT molecular complexity index is 740. The van der Waals surface area contributed by atoms with Crippen LogP contribution in [-0.4, -0.2) is 10.9 Å². The van der Waals surface area contributed by atoms with Crippen LogP contribution in [0.5, 0.6) is 0 Å². The Morgan fingerprint density at radius 2 is 1.89 bits per heavy atom. The predicted octanol–water partition coefficient (Wildman–Crippen LogP) is 3.81. The molecule has 0 N–H and O–H groups in total. The molecule has 3 rings (SSSR count). The third kappa shape index (κ3) is 2.17. The zero-order valence-electron chi connectivity index (χ0n) is 10.8. The highest BCUT2D eigenvalue weighted by molar-refractivity contribution is 5.81.